The van der Waals surface area contributed by atoms with Gasteiger partial charge in [-0.1, -0.05) is 44.2 Å². The Morgan fingerprint density at radius 2 is 2.00 bits per heavy atom. The zero-order valence-electron chi connectivity index (χ0n) is 14.8. The van der Waals surface area contributed by atoms with Crippen LogP contribution in [0.4, 0.5) is 0 Å². The number of esters is 1. The second-order valence-corrected chi connectivity index (χ2v) is 7.25. The molecular weight excluding hydrogens is 330 g/mol. The first-order valence-corrected chi connectivity index (χ1v) is 8.70. The van der Waals surface area contributed by atoms with Crippen LogP contribution in [0, 0.1) is 5.41 Å². The molecule has 1 aliphatic carbocycles. The van der Waals surface area contributed by atoms with Crippen LogP contribution in [-0.4, -0.2) is 32.8 Å². The maximum absolute atomic E-state index is 12.5. The van der Waals surface area contributed by atoms with E-state index < -0.39 is 0 Å². The number of aromatic nitrogens is 3. The Morgan fingerprint density at radius 1 is 1.19 bits per heavy atom. The number of carbonyl (C=O) groups excluding carboxylic acids is 1. The summed E-state index contributed by atoms with van der Waals surface area (Å²) in [6.45, 7) is 4.72. The van der Waals surface area contributed by atoms with Crippen molar-refractivity contribution < 1.29 is 14.3 Å². The summed E-state index contributed by atoms with van der Waals surface area (Å²) >= 11 is 0. The summed E-state index contributed by atoms with van der Waals surface area (Å²) < 4.78 is 13.5. The molecule has 0 amide bonds. The van der Waals surface area contributed by atoms with E-state index in [9.17, 15) is 4.79 Å². The van der Waals surface area contributed by atoms with Gasteiger partial charge in [0.1, 0.15) is 12.4 Å². The average molecular weight is 351 g/mol. The first kappa shape index (κ1) is 16.7. The van der Waals surface area contributed by atoms with Crippen molar-refractivity contribution >= 4 is 11.6 Å². The van der Waals surface area contributed by atoms with E-state index in [1.54, 1.807) is 29.1 Å². The Balaban J connectivity index is 1.36. The van der Waals surface area contributed by atoms with E-state index in [0.717, 1.165) is 5.56 Å². The first-order valence-electron chi connectivity index (χ1n) is 8.70. The van der Waals surface area contributed by atoms with Gasteiger partial charge in [0.2, 0.25) is 0 Å². The third kappa shape index (κ3) is 3.08. The lowest BCUT2D eigenvalue weighted by Gasteiger charge is -2.50. The van der Waals surface area contributed by atoms with E-state index in [0.29, 0.717) is 24.2 Å². The van der Waals surface area contributed by atoms with Crippen LogP contribution < -0.4 is 0 Å². The van der Waals surface area contributed by atoms with E-state index in [4.69, 9.17) is 9.47 Å². The molecule has 2 atom stereocenters. The van der Waals surface area contributed by atoms with Gasteiger partial charge in [0, 0.05) is 18.0 Å². The summed E-state index contributed by atoms with van der Waals surface area (Å²) in [4.78, 5) is 12.5. The standard InChI is InChI=1S/C20H21N3O3/c1-20(2)16(25-12-14-6-4-3-5-7-14)10-17(20)26-19(24)15-8-9-18-22-21-13-23(18)11-15/h3-9,11,13,16-17H,10,12H2,1-2H3/t16-,17-/m0/s1. The zero-order valence-corrected chi connectivity index (χ0v) is 14.8. The van der Waals surface area contributed by atoms with Crippen molar-refractivity contribution in [2.24, 2.45) is 5.41 Å². The number of ether oxygens (including phenoxy) is 2. The van der Waals surface area contributed by atoms with Crippen LogP contribution in [0.15, 0.2) is 55.0 Å². The highest BCUT2D eigenvalue weighted by atomic mass is 16.6. The fourth-order valence-corrected chi connectivity index (χ4v) is 3.25. The van der Waals surface area contributed by atoms with Gasteiger partial charge in [0.05, 0.1) is 18.3 Å². The minimum Gasteiger partial charge on any atom is -0.458 e. The minimum atomic E-state index is -0.333. The van der Waals surface area contributed by atoms with Gasteiger partial charge in [-0.3, -0.25) is 4.40 Å². The third-order valence-corrected chi connectivity index (χ3v) is 5.16. The highest BCUT2D eigenvalue weighted by Gasteiger charge is 2.51. The molecule has 2 heterocycles. The van der Waals surface area contributed by atoms with Crippen molar-refractivity contribution in [3.63, 3.8) is 0 Å². The largest absolute Gasteiger partial charge is 0.458 e. The number of hydrogen-bond donors (Lipinski definition) is 0. The molecule has 3 aromatic rings. The fourth-order valence-electron chi connectivity index (χ4n) is 3.25. The molecular formula is C20H21N3O3. The molecule has 1 fully saturated rings. The van der Waals surface area contributed by atoms with Crippen LogP contribution in [0.3, 0.4) is 0 Å². The lowest BCUT2D eigenvalue weighted by atomic mass is 9.66. The zero-order chi connectivity index (χ0) is 18.1. The lowest BCUT2D eigenvalue weighted by molar-refractivity contribution is -0.181. The lowest BCUT2D eigenvalue weighted by Crippen LogP contribution is -2.56. The van der Waals surface area contributed by atoms with E-state index in [1.165, 1.54) is 0 Å². The number of carbonyl (C=O) groups is 1. The third-order valence-electron chi connectivity index (χ3n) is 5.16. The Hall–Kier alpha value is -2.73. The number of nitrogens with zero attached hydrogens (tertiary/aromatic N) is 3. The van der Waals surface area contributed by atoms with Crippen molar-refractivity contribution in [2.75, 3.05) is 0 Å². The minimum absolute atomic E-state index is 0.0702. The maximum atomic E-state index is 12.5. The van der Waals surface area contributed by atoms with Crippen molar-refractivity contribution in [3.8, 4) is 0 Å². The van der Waals surface area contributed by atoms with Crippen molar-refractivity contribution in [1.82, 2.24) is 14.6 Å². The molecule has 2 aromatic heterocycles. The van der Waals surface area contributed by atoms with Crippen LogP contribution >= 0.6 is 0 Å². The topological polar surface area (TPSA) is 65.7 Å². The van der Waals surface area contributed by atoms with E-state index >= 15 is 0 Å². The number of pyridine rings is 1. The van der Waals surface area contributed by atoms with Gasteiger partial charge in [0.15, 0.2) is 5.65 Å². The molecule has 0 aliphatic heterocycles. The molecule has 4 rings (SSSR count). The molecule has 0 unspecified atom stereocenters. The number of hydrogen-bond acceptors (Lipinski definition) is 5. The monoisotopic (exact) mass is 351 g/mol. The summed E-state index contributed by atoms with van der Waals surface area (Å²) in [7, 11) is 0. The molecule has 1 aromatic carbocycles. The van der Waals surface area contributed by atoms with Crippen LogP contribution in [-0.2, 0) is 16.1 Å². The Labute approximate surface area is 151 Å². The van der Waals surface area contributed by atoms with Crippen molar-refractivity contribution in [3.05, 3.63) is 66.1 Å². The molecule has 26 heavy (non-hydrogen) atoms. The smallest absolute Gasteiger partial charge is 0.339 e. The van der Waals surface area contributed by atoms with Gasteiger partial charge in [-0.25, -0.2) is 4.79 Å². The van der Waals surface area contributed by atoms with Crippen LogP contribution in [0.5, 0.6) is 0 Å². The van der Waals surface area contributed by atoms with Crippen molar-refractivity contribution in [1.29, 1.82) is 0 Å². The number of rotatable bonds is 5. The Kier molecular flexibility index (Phi) is 4.20. The summed E-state index contributed by atoms with van der Waals surface area (Å²) in [6, 6.07) is 13.5. The van der Waals surface area contributed by atoms with Gasteiger partial charge in [-0.15, -0.1) is 10.2 Å². The summed E-state index contributed by atoms with van der Waals surface area (Å²) in [5, 5.41) is 7.74. The second kappa shape index (κ2) is 6.53. The molecule has 1 aliphatic rings. The average Bonchev–Trinajstić information content (AvgIpc) is 3.12. The predicted molar refractivity (Wildman–Crippen MR) is 95.6 cm³/mol. The predicted octanol–water partition coefficient (Wildman–Crippen LogP) is 3.27. The summed E-state index contributed by atoms with van der Waals surface area (Å²) in [6.07, 6.45) is 3.87. The van der Waals surface area contributed by atoms with Crippen LogP contribution in [0.1, 0.15) is 36.2 Å². The molecule has 0 radical (unpaired) electrons. The second-order valence-electron chi connectivity index (χ2n) is 7.25. The number of fused-ring (bicyclic) bond motifs is 1. The molecule has 1 saturated carbocycles. The van der Waals surface area contributed by atoms with E-state index in [-0.39, 0.29) is 23.6 Å². The molecule has 0 saturated heterocycles. The van der Waals surface area contributed by atoms with Gasteiger partial charge in [-0.05, 0) is 17.7 Å². The fraction of sp³-hybridized carbons (Fsp3) is 0.350. The number of benzene rings is 1. The van der Waals surface area contributed by atoms with Gasteiger partial charge < -0.3 is 9.47 Å². The molecule has 134 valence electrons. The highest BCUT2D eigenvalue weighted by Crippen LogP contribution is 2.45. The Morgan fingerprint density at radius 3 is 2.77 bits per heavy atom. The molecule has 6 heteroatoms. The molecule has 0 spiro atoms. The maximum Gasteiger partial charge on any atom is 0.339 e. The summed E-state index contributed by atoms with van der Waals surface area (Å²) in [5.74, 6) is -0.333. The van der Waals surface area contributed by atoms with Gasteiger partial charge in [-0.2, -0.15) is 0 Å². The van der Waals surface area contributed by atoms with E-state index in [2.05, 4.69) is 24.0 Å². The SMILES string of the molecule is CC1(C)[C@@H](OCc2ccccc2)C[C@@H]1OC(=O)c1ccc2nncn2c1. The molecule has 0 bridgehead atoms. The normalized spacial score (nSPS) is 21.3. The highest BCUT2D eigenvalue weighted by molar-refractivity contribution is 5.89. The van der Waals surface area contributed by atoms with Gasteiger partial charge >= 0.3 is 5.97 Å². The van der Waals surface area contributed by atoms with Crippen molar-refractivity contribution in [2.45, 2.75) is 39.1 Å². The first-order chi connectivity index (χ1) is 12.5. The quantitative estimate of drug-likeness (QED) is 0.660. The summed E-state index contributed by atoms with van der Waals surface area (Å²) in [5.41, 5.74) is 2.11. The Bertz CT molecular complexity index is 920. The van der Waals surface area contributed by atoms with Crippen LogP contribution in [0.25, 0.3) is 5.65 Å². The van der Waals surface area contributed by atoms with E-state index in [1.807, 2.05) is 30.3 Å². The molecule has 6 nitrogen and oxygen atoms in total. The van der Waals surface area contributed by atoms with Crippen LogP contribution in [0.2, 0.25) is 0 Å². The molecule has 0 N–H and O–H groups in total. The van der Waals surface area contributed by atoms with Gasteiger partial charge in [0.25, 0.3) is 0 Å².